The molecule has 2 aliphatic rings. The van der Waals surface area contributed by atoms with Gasteiger partial charge < -0.3 is 10.1 Å². The third kappa shape index (κ3) is 3.12. The SMILES string of the molecule is FC(F)[C@H]1CNCCN1CC1CCOCC1. The molecule has 2 rings (SSSR count). The van der Waals surface area contributed by atoms with Gasteiger partial charge in [0.2, 0.25) is 0 Å². The van der Waals surface area contributed by atoms with E-state index in [0.29, 0.717) is 12.5 Å². The van der Waals surface area contributed by atoms with Crippen LogP contribution in [-0.2, 0) is 4.74 Å². The summed E-state index contributed by atoms with van der Waals surface area (Å²) in [4.78, 5) is 1.96. The molecule has 0 aromatic heterocycles. The number of alkyl halides is 2. The molecule has 3 nitrogen and oxygen atoms in total. The average Bonchev–Trinajstić information content (AvgIpc) is 2.31. The van der Waals surface area contributed by atoms with Crippen LogP contribution in [0.4, 0.5) is 8.78 Å². The zero-order chi connectivity index (χ0) is 11.4. The average molecular weight is 234 g/mol. The summed E-state index contributed by atoms with van der Waals surface area (Å²) in [6.45, 7) is 4.37. The second-order valence-corrected chi connectivity index (χ2v) is 4.66. The summed E-state index contributed by atoms with van der Waals surface area (Å²) < 4.78 is 30.9. The summed E-state index contributed by atoms with van der Waals surface area (Å²) >= 11 is 0. The van der Waals surface area contributed by atoms with Crippen LogP contribution in [-0.4, -0.2) is 56.8 Å². The fraction of sp³-hybridized carbons (Fsp3) is 1.00. The number of ether oxygens (including phenoxy) is 1. The Balaban J connectivity index is 1.85. The largest absolute Gasteiger partial charge is 0.381 e. The summed E-state index contributed by atoms with van der Waals surface area (Å²) in [6.07, 6.45) is -0.215. The fourth-order valence-electron chi connectivity index (χ4n) is 2.50. The maximum atomic E-state index is 12.8. The highest BCUT2D eigenvalue weighted by Crippen LogP contribution is 2.20. The summed E-state index contributed by atoms with van der Waals surface area (Å²) in [5.74, 6) is 0.535. The van der Waals surface area contributed by atoms with Crippen LogP contribution in [0.2, 0.25) is 0 Å². The maximum absolute atomic E-state index is 12.8. The van der Waals surface area contributed by atoms with Crippen molar-refractivity contribution in [2.75, 3.05) is 39.4 Å². The summed E-state index contributed by atoms with van der Waals surface area (Å²) in [5, 5.41) is 3.04. The van der Waals surface area contributed by atoms with Gasteiger partial charge in [-0.05, 0) is 18.8 Å². The van der Waals surface area contributed by atoms with E-state index in [1.54, 1.807) is 0 Å². The number of rotatable bonds is 3. The first-order valence-corrected chi connectivity index (χ1v) is 6.08. The molecule has 0 saturated carbocycles. The van der Waals surface area contributed by atoms with Gasteiger partial charge in [-0.1, -0.05) is 0 Å². The van der Waals surface area contributed by atoms with Crippen molar-refractivity contribution in [2.24, 2.45) is 5.92 Å². The van der Waals surface area contributed by atoms with Gasteiger partial charge in [-0.3, -0.25) is 4.90 Å². The van der Waals surface area contributed by atoms with Crippen LogP contribution >= 0.6 is 0 Å². The maximum Gasteiger partial charge on any atom is 0.255 e. The van der Waals surface area contributed by atoms with E-state index in [9.17, 15) is 8.78 Å². The highest BCUT2D eigenvalue weighted by molar-refractivity contribution is 4.83. The van der Waals surface area contributed by atoms with Gasteiger partial charge in [0.1, 0.15) is 0 Å². The van der Waals surface area contributed by atoms with Crippen LogP contribution in [0.25, 0.3) is 0 Å². The molecule has 2 fully saturated rings. The highest BCUT2D eigenvalue weighted by Gasteiger charge is 2.31. The van der Waals surface area contributed by atoms with Gasteiger partial charge >= 0.3 is 0 Å². The van der Waals surface area contributed by atoms with Crippen molar-refractivity contribution < 1.29 is 13.5 Å². The number of hydrogen-bond acceptors (Lipinski definition) is 3. The minimum Gasteiger partial charge on any atom is -0.381 e. The van der Waals surface area contributed by atoms with Crippen LogP contribution in [0.1, 0.15) is 12.8 Å². The molecular formula is C11H20F2N2O. The van der Waals surface area contributed by atoms with Crippen LogP contribution in [0.3, 0.4) is 0 Å². The van der Waals surface area contributed by atoms with Crippen molar-refractivity contribution in [1.82, 2.24) is 10.2 Å². The Morgan fingerprint density at radius 1 is 1.31 bits per heavy atom. The van der Waals surface area contributed by atoms with Crippen LogP contribution < -0.4 is 5.32 Å². The van der Waals surface area contributed by atoms with Gasteiger partial charge in [0.15, 0.2) is 0 Å². The third-order valence-electron chi connectivity index (χ3n) is 3.52. The Hall–Kier alpha value is -0.260. The second kappa shape index (κ2) is 5.89. The fourth-order valence-corrected chi connectivity index (χ4v) is 2.50. The van der Waals surface area contributed by atoms with Crippen molar-refractivity contribution in [1.29, 1.82) is 0 Å². The van der Waals surface area contributed by atoms with E-state index in [1.807, 2.05) is 4.90 Å². The molecule has 0 aromatic rings. The first-order valence-electron chi connectivity index (χ1n) is 6.08. The highest BCUT2D eigenvalue weighted by atomic mass is 19.3. The smallest absolute Gasteiger partial charge is 0.255 e. The van der Waals surface area contributed by atoms with Crippen molar-refractivity contribution in [2.45, 2.75) is 25.3 Å². The van der Waals surface area contributed by atoms with Crippen LogP contribution in [0.5, 0.6) is 0 Å². The second-order valence-electron chi connectivity index (χ2n) is 4.66. The first kappa shape index (κ1) is 12.2. The Bertz CT molecular complexity index is 210. The molecule has 16 heavy (non-hydrogen) atoms. The number of halogens is 2. The standard InChI is InChI=1S/C11H20F2N2O/c12-11(13)10-7-14-3-4-15(10)8-9-1-5-16-6-2-9/h9-11,14H,1-8H2/t10-/m1/s1. The van der Waals surface area contributed by atoms with E-state index >= 15 is 0 Å². The molecule has 1 N–H and O–H groups in total. The minimum atomic E-state index is -2.24. The molecule has 2 aliphatic heterocycles. The molecule has 1 atom stereocenters. The van der Waals surface area contributed by atoms with Gasteiger partial charge in [0, 0.05) is 39.4 Å². The summed E-state index contributed by atoms with van der Waals surface area (Å²) in [7, 11) is 0. The molecule has 2 heterocycles. The number of piperazine rings is 1. The number of nitrogens with zero attached hydrogens (tertiary/aromatic N) is 1. The first-order chi connectivity index (χ1) is 7.77. The number of nitrogens with one attached hydrogen (secondary N) is 1. The third-order valence-corrected chi connectivity index (χ3v) is 3.52. The molecule has 2 saturated heterocycles. The Morgan fingerprint density at radius 3 is 2.75 bits per heavy atom. The van der Waals surface area contributed by atoms with Crippen molar-refractivity contribution in [3.63, 3.8) is 0 Å². The topological polar surface area (TPSA) is 24.5 Å². The zero-order valence-electron chi connectivity index (χ0n) is 9.50. The van der Waals surface area contributed by atoms with Crippen LogP contribution in [0.15, 0.2) is 0 Å². The molecule has 0 spiro atoms. The molecule has 0 amide bonds. The van der Waals surface area contributed by atoms with Crippen molar-refractivity contribution in [3.8, 4) is 0 Å². The van der Waals surface area contributed by atoms with E-state index < -0.39 is 12.5 Å². The molecule has 0 unspecified atom stereocenters. The van der Waals surface area contributed by atoms with E-state index in [-0.39, 0.29) is 0 Å². The monoisotopic (exact) mass is 234 g/mol. The van der Waals surface area contributed by atoms with Gasteiger partial charge in [0.05, 0.1) is 6.04 Å². The van der Waals surface area contributed by atoms with Gasteiger partial charge in [-0.2, -0.15) is 0 Å². The molecule has 0 radical (unpaired) electrons. The Morgan fingerprint density at radius 2 is 2.06 bits per heavy atom. The number of hydrogen-bond donors (Lipinski definition) is 1. The Labute approximate surface area is 95.1 Å². The van der Waals surface area contributed by atoms with Crippen LogP contribution in [0, 0.1) is 5.92 Å². The lowest BCUT2D eigenvalue weighted by molar-refractivity contribution is -0.00981. The predicted molar refractivity (Wildman–Crippen MR) is 57.8 cm³/mol. The Kier molecular flexibility index (Phi) is 4.49. The molecule has 94 valence electrons. The molecular weight excluding hydrogens is 214 g/mol. The van der Waals surface area contributed by atoms with Crippen molar-refractivity contribution in [3.05, 3.63) is 0 Å². The van der Waals surface area contributed by atoms with E-state index in [2.05, 4.69) is 5.32 Å². The van der Waals surface area contributed by atoms with E-state index in [1.165, 1.54) is 0 Å². The lowest BCUT2D eigenvalue weighted by Crippen LogP contribution is -2.55. The minimum absolute atomic E-state index is 0.418. The predicted octanol–water partition coefficient (Wildman–Crippen LogP) is 0.952. The van der Waals surface area contributed by atoms with Gasteiger partial charge in [-0.15, -0.1) is 0 Å². The van der Waals surface area contributed by atoms with E-state index in [0.717, 1.165) is 45.7 Å². The molecule has 0 bridgehead atoms. The van der Waals surface area contributed by atoms with Crippen molar-refractivity contribution >= 4 is 0 Å². The normalized spacial score (nSPS) is 29.8. The van der Waals surface area contributed by atoms with Gasteiger partial charge in [0.25, 0.3) is 6.43 Å². The lowest BCUT2D eigenvalue weighted by atomic mass is 9.98. The lowest BCUT2D eigenvalue weighted by Gasteiger charge is -2.38. The molecule has 0 aromatic carbocycles. The van der Waals surface area contributed by atoms with Gasteiger partial charge in [-0.25, -0.2) is 8.78 Å². The molecule has 0 aliphatic carbocycles. The quantitative estimate of drug-likeness (QED) is 0.787. The molecule has 5 heteroatoms. The zero-order valence-corrected chi connectivity index (χ0v) is 9.50. The summed E-state index contributed by atoms with van der Waals surface area (Å²) in [6, 6.07) is -0.600. The van der Waals surface area contributed by atoms with E-state index in [4.69, 9.17) is 4.74 Å². The summed E-state index contributed by atoms with van der Waals surface area (Å²) in [5.41, 5.74) is 0.